The molecule has 7 N–H and O–H groups in total. The van der Waals surface area contributed by atoms with Crippen molar-refractivity contribution in [3.63, 3.8) is 0 Å². The van der Waals surface area contributed by atoms with Crippen molar-refractivity contribution < 1.29 is 29.4 Å². The molecule has 3 amide bonds. The Morgan fingerprint density at radius 2 is 1.58 bits per heavy atom. The van der Waals surface area contributed by atoms with Crippen LogP contribution in [0.15, 0.2) is 24.3 Å². The lowest BCUT2D eigenvalue weighted by atomic mass is 9.99. The monoisotopic (exact) mass is 464 g/mol. The summed E-state index contributed by atoms with van der Waals surface area (Å²) in [6.07, 6.45) is 0.994. The van der Waals surface area contributed by atoms with E-state index in [1.807, 2.05) is 27.7 Å². The molecule has 10 nitrogen and oxygen atoms in total. The molecule has 0 aliphatic rings. The number of nitrogens with one attached hydrogen (secondary N) is 3. The first-order valence-corrected chi connectivity index (χ1v) is 11.1. The van der Waals surface area contributed by atoms with Crippen molar-refractivity contribution in [1.29, 1.82) is 0 Å². The third-order valence-corrected chi connectivity index (χ3v) is 5.33. The van der Waals surface area contributed by atoms with Crippen LogP contribution in [-0.2, 0) is 25.6 Å². The first-order valence-electron chi connectivity index (χ1n) is 11.1. The van der Waals surface area contributed by atoms with Crippen molar-refractivity contribution >= 4 is 23.7 Å². The number of benzene rings is 1. The van der Waals surface area contributed by atoms with Crippen LogP contribution in [0.5, 0.6) is 5.75 Å². The maximum atomic E-state index is 12.9. The predicted molar refractivity (Wildman–Crippen MR) is 123 cm³/mol. The van der Waals surface area contributed by atoms with E-state index in [0.717, 1.165) is 0 Å². The van der Waals surface area contributed by atoms with Gasteiger partial charge in [-0.25, -0.2) is 4.79 Å². The van der Waals surface area contributed by atoms with E-state index >= 15 is 0 Å². The minimum atomic E-state index is -1.17. The van der Waals surface area contributed by atoms with Crippen molar-refractivity contribution in [2.45, 2.75) is 65.1 Å². The number of carboxylic acid groups (broad SMARTS) is 1. The Kier molecular flexibility index (Phi) is 11.3. The lowest BCUT2D eigenvalue weighted by Gasteiger charge is -2.23. The van der Waals surface area contributed by atoms with Gasteiger partial charge in [0, 0.05) is 6.42 Å². The number of rotatable bonds is 13. The first kappa shape index (κ1) is 27.9. The van der Waals surface area contributed by atoms with Gasteiger partial charge in [-0.1, -0.05) is 46.2 Å². The Labute approximate surface area is 194 Å². The third kappa shape index (κ3) is 9.90. The molecule has 4 atom stereocenters. The predicted octanol–water partition coefficient (Wildman–Crippen LogP) is 0.525. The van der Waals surface area contributed by atoms with E-state index in [-0.39, 0.29) is 37.0 Å². The van der Waals surface area contributed by atoms with Crippen LogP contribution in [0.3, 0.4) is 0 Å². The summed E-state index contributed by atoms with van der Waals surface area (Å²) < 4.78 is 0. The number of carbonyl (C=O) groups is 4. The molecular weight excluding hydrogens is 428 g/mol. The van der Waals surface area contributed by atoms with Crippen LogP contribution in [0.25, 0.3) is 0 Å². The molecule has 0 heterocycles. The van der Waals surface area contributed by atoms with Crippen molar-refractivity contribution in [1.82, 2.24) is 16.0 Å². The van der Waals surface area contributed by atoms with Gasteiger partial charge in [0.25, 0.3) is 0 Å². The number of hydrogen-bond acceptors (Lipinski definition) is 6. The number of phenolic OH excluding ortho intramolecular Hbond substituents is 1. The van der Waals surface area contributed by atoms with Crippen molar-refractivity contribution in [2.75, 3.05) is 6.54 Å². The molecule has 0 aromatic heterocycles. The highest BCUT2D eigenvalue weighted by Gasteiger charge is 2.28. The van der Waals surface area contributed by atoms with E-state index < -0.39 is 41.8 Å². The van der Waals surface area contributed by atoms with E-state index in [9.17, 15) is 29.4 Å². The van der Waals surface area contributed by atoms with E-state index in [1.165, 1.54) is 12.1 Å². The largest absolute Gasteiger partial charge is 0.508 e. The standard InChI is InChI=1S/C23H36N4O6/c1-5-14(4)20(24)22(31)25-12-19(29)26-17(11-15-6-8-16(28)9-7-15)21(30)27-18(23(32)33)10-13(2)3/h6-9,13-14,17-18,20,28H,5,10-12,24H2,1-4H3,(H,25,31)(H,26,29)(H,27,30)(H,32,33). The number of nitrogens with two attached hydrogens (primary N) is 1. The van der Waals surface area contributed by atoms with Gasteiger partial charge >= 0.3 is 5.97 Å². The SMILES string of the molecule is CCC(C)C(N)C(=O)NCC(=O)NC(Cc1ccc(O)cc1)C(=O)NC(CC(C)C)C(=O)O. The number of carbonyl (C=O) groups excluding carboxylic acids is 3. The zero-order valence-electron chi connectivity index (χ0n) is 19.6. The van der Waals surface area contributed by atoms with Crippen LogP contribution < -0.4 is 21.7 Å². The average molecular weight is 465 g/mol. The Morgan fingerprint density at radius 3 is 2.09 bits per heavy atom. The fourth-order valence-corrected chi connectivity index (χ4v) is 3.09. The summed E-state index contributed by atoms with van der Waals surface area (Å²) >= 11 is 0. The second-order valence-electron chi connectivity index (χ2n) is 8.65. The summed E-state index contributed by atoms with van der Waals surface area (Å²) in [5, 5.41) is 26.4. The quantitative estimate of drug-likeness (QED) is 0.247. The highest BCUT2D eigenvalue weighted by atomic mass is 16.4. The van der Waals surface area contributed by atoms with Crippen molar-refractivity contribution in [3.05, 3.63) is 29.8 Å². The smallest absolute Gasteiger partial charge is 0.326 e. The number of aromatic hydroxyl groups is 1. The normalized spacial score (nSPS) is 14.6. The van der Waals surface area contributed by atoms with Crippen LogP contribution in [0.4, 0.5) is 0 Å². The molecule has 10 heteroatoms. The van der Waals surface area contributed by atoms with Gasteiger partial charge in [0.2, 0.25) is 17.7 Å². The second kappa shape index (κ2) is 13.4. The fraction of sp³-hybridized carbons (Fsp3) is 0.565. The molecule has 0 fully saturated rings. The van der Waals surface area contributed by atoms with Crippen LogP contribution >= 0.6 is 0 Å². The molecular formula is C23H36N4O6. The number of phenols is 1. The maximum absolute atomic E-state index is 12.9. The molecule has 0 spiro atoms. The lowest BCUT2D eigenvalue weighted by Crippen LogP contribution is -2.55. The zero-order valence-corrected chi connectivity index (χ0v) is 19.6. The van der Waals surface area contributed by atoms with Crippen molar-refractivity contribution in [3.8, 4) is 5.75 Å². The van der Waals surface area contributed by atoms with Gasteiger partial charge in [-0.3, -0.25) is 14.4 Å². The summed E-state index contributed by atoms with van der Waals surface area (Å²) in [6.45, 7) is 7.03. The highest BCUT2D eigenvalue weighted by Crippen LogP contribution is 2.12. The zero-order chi connectivity index (χ0) is 25.1. The van der Waals surface area contributed by atoms with E-state index in [4.69, 9.17) is 5.73 Å². The maximum Gasteiger partial charge on any atom is 0.326 e. The minimum absolute atomic E-state index is 0.0291. The first-order chi connectivity index (χ1) is 15.4. The molecule has 0 saturated heterocycles. The molecule has 0 aliphatic carbocycles. The van der Waals surface area contributed by atoms with E-state index in [0.29, 0.717) is 12.0 Å². The molecule has 1 rings (SSSR count). The van der Waals surface area contributed by atoms with Gasteiger partial charge in [-0.15, -0.1) is 0 Å². The van der Waals surface area contributed by atoms with Gasteiger partial charge in [0.05, 0.1) is 12.6 Å². The molecule has 184 valence electrons. The summed E-state index contributed by atoms with van der Waals surface area (Å²) in [6, 6.07) is 3.13. The molecule has 0 aliphatic heterocycles. The number of carboxylic acids is 1. The molecule has 1 aromatic rings. The Balaban J connectivity index is 2.89. The molecule has 0 saturated carbocycles. The molecule has 4 unspecified atom stereocenters. The van der Waals surface area contributed by atoms with E-state index in [2.05, 4.69) is 16.0 Å². The number of hydrogen-bond donors (Lipinski definition) is 6. The minimum Gasteiger partial charge on any atom is -0.508 e. The summed E-state index contributed by atoms with van der Waals surface area (Å²) in [5.74, 6) is -2.90. The molecule has 0 bridgehead atoms. The van der Waals surface area contributed by atoms with Gasteiger partial charge in [0.1, 0.15) is 17.8 Å². The number of aliphatic carboxylic acids is 1. The molecule has 0 radical (unpaired) electrons. The summed E-state index contributed by atoms with van der Waals surface area (Å²) in [4.78, 5) is 49.0. The van der Waals surface area contributed by atoms with Crippen LogP contribution in [-0.4, -0.2) is 58.6 Å². The van der Waals surface area contributed by atoms with Crippen LogP contribution in [0, 0.1) is 11.8 Å². The topological polar surface area (TPSA) is 171 Å². The van der Waals surface area contributed by atoms with Crippen molar-refractivity contribution in [2.24, 2.45) is 17.6 Å². The lowest BCUT2D eigenvalue weighted by molar-refractivity contribution is -0.142. The molecule has 1 aromatic carbocycles. The second-order valence-corrected chi connectivity index (χ2v) is 8.65. The fourth-order valence-electron chi connectivity index (χ4n) is 3.09. The van der Waals surface area contributed by atoms with Crippen LogP contribution in [0.2, 0.25) is 0 Å². The number of amides is 3. The Hall–Kier alpha value is -3.14. The summed E-state index contributed by atoms with van der Waals surface area (Å²) in [7, 11) is 0. The Morgan fingerprint density at radius 1 is 0.970 bits per heavy atom. The van der Waals surface area contributed by atoms with Gasteiger partial charge in [0.15, 0.2) is 0 Å². The molecule has 33 heavy (non-hydrogen) atoms. The van der Waals surface area contributed by atoms with Gasteiger partial charge in [-0.05, 0) is 36.0 Å². The highest BCUT2D eigenvalue weighted by molar-refractivity contribution is 5.92. The Bertz CT molecular complexity index is 812. The van der Waals surface area contributed by atoms with Gasteiger partial charge < -0.3 is 31.9 Å². The van der Waals surface area contributed by atoms with E-state index in [1.54, 1.807) is 12.1 Å². The van der Waals surface area contributed by atoms with Gasteiger partial charge in [-0.2, -0.15) is 0 Å². The summed E-state index contributed by atoms with van der Waals surface area (Å²) in [5.41, 5.74) is 6.51. The third-order valence-electron chi connectivity index (χ3n) is 5.33. The average Bonchev–Trinajstić information content (AvgIpc) is 2.76. The van der Waals surface area contributed by atoms with Crippen LogP contribution in [0.1, 0.15) is 46.1 Å².